The normalized spacial score (nSPS) is 14.3. The van der Waals surface area contributed by atoms with E-state index < -0.39 is 10.0 Å². The number of sulfonamides is 1. The summed E-state index contributed by atoms with van der Waals surface area (Å²) in [6.45, 7) is 2.28. The van der Waals surface area contributed by atoms with Crippen LogP contribution in [0.5, 0.6) is 0 Å². The van der Waals surface area contributed by atoms with Crippen molar-refractivity contribution in [2.45, 2.75) is 18.2 Å². The van der Waals surface area contributed by atoms with Crippen molar-refractivity contribution in [3.8, 4) is 0 Å². The Morgan fingerprint density at radius 2 is 1.90 bits per heavy atom. The molecule has 0 spiro atoms. The molecule has 2 N–H and O–H groups in total. The molecule has 0 aromatic heterocycles. The SMILES string of the molecule is Cc1ccccc1S(=O)(=O)N1CCc2cc(N)ccc21. The fourth-order valence-electron chi connectivity index (χ4n) is 2.61. The zero-order valence-corrected chi connectivity index (χ0v) is 12.0. The lowest BCUT2D eigenvalue weighted by atomic mass is 10.1. The third kappa shape index (κ3) is 1.94. The van der Waals surface area contributed by atoms with E-state index in [1.807, 2.05) is 25.1 Å². The Kier molecular flexibility index (Phi) is 2.94. The molecule has 4 nitrogen and oxygen atoms in total. The van der Waals surface area contributed by atoms with Gasteiger partial charge in [-0.15, -0.1) is 0 Å². The van der Waals surface area contributed by atoms with Crippen LogP contribution in [0.3, 0.4) is 0 Å². The van der Waals surface area contributed by atoms with Gasteiger partial charge in [0.1, 0.15) is 0 Å². The van der Waals surface area contributed by atoms with Gasteiger partial charge < -0.3 is 5.73 Å². The summed E-state index contributed by atoms with van der Waals surface area (Å²) in [7, 11) is -3.50. The van der Waals surface area contributed by atoms with Crippen LogP contribution < -0.4 is 10.0 Å². The van der Waals surface area contributed by atoms with Crippen LogP contribution >= 0.6 is 0 Å². The van der Waals surface area contributed by atoms with E-state index >= 15 is 0 Å². The van der Waals surface area contributed by atoms with Gasteiger partial charge in [-0.2, -0.15) is 0 Å². The third-order valence-electron chi connectivity index (χ3n) is 3.62. The Bertz CT molecular complexity index is 769. The highest BCUT2D eigenvalue weighted by Crippen LogP contribution is 2.34. The summed E-state index contributed by atoms with van der Waals surface area (Å²) in [6.07, 6.45) is 0.700. The molecule has 104 valence electrons. The lowest BCUT2D eigenvalue weighted by Crippen LogP contribution is -2.29. The van der Waals surface area contributed by atoms with Gasteiger partial charge in [-0.25, -0.2) is 8.42 Å². The number of nitrogens with zero attached hydrogens (tertiary/aromatic N) is 1. The van der Waals surface area contributed by atoms with Crippen molar-refractivity contribution in [3.63, 3.8) is 0 Å². The van der Waals surface area contributed by atoms with E-state index in [4.69, 9.17) is 5.73 Å². The number of hydrogen-bond donors (Lipinski definition) is 1. The number of nitrogens with two attached hydrogens (primary N) is 1. The van der Waals surface area contributed by atoms with E-state index in [0.717, 1.165) is 16.8 Å². The van der Waals surface area contributed by atoms with Gasteiger partial charge in [-0.1, -0.05) is 18.2 Å². The molecule has 0 amide bonds. The average molecular weight is 288 g/mol. The highest BCUT2D eigenvalue weighted by Gasteiger charge is 2.31. The summed E-state index contributed by atoms with van der Waals surface area (Å²) >= 11 is 0. The molecule has 0 bridgehead atoms. The molecule has 1 aliphatic rings. The Hall–Kier alpha value is -2.01. The van der Waals surface area contributed by atoms with Crippen LogP contribution in [0.2, 0.25) is 0 Å². The van der Waals surface area contributed by atoms with E-state index in [0.29, 0.717) is 23.5 Å². The fourth-order valence-corrected chi connectivity index (χ4v) is 4.34. The van der Waals surface area contributed by atoms with Crippen molar-refractivity contribution < 1.29 is 8.42 Å². The van der Waals surface area contributed by atoms with Gasteiger partial charge in [0, 0.05) is 12.2 Å². The van der Waals surface area contributed by atoms with Gasteiger partial charge in [0.05, 0.1) is 10.6 Å². The molecular weight excluding hydrogens is 272 g/mol. The van der Waals surface area contributed by atoms with Crippen molar-refractivity contribution in [2.24, 2.45) is 0 Å². The monoisotopic (exact) mass is 288 g/mol. The van der Waals surface area contributed by atoms with Gasteiger partial charge in [-0.05, 0) is 48.7 Å². The first-order valence-corrected chi connectivity index (χ1v) is 7.91. The molecule has 3 rings (SSSR count). The molecule has 5 heteroatoms. The van der Waals surface area contributed by atoms with Gasteiger partial charge in [0.2, 0.25) is 0 Å². The molecule has 0 atom stereocenters. The minimum absolute atomic E-state index is 0.365. The molecule has 0 aliphatic carbocycles. The molecule has 0 saturated heterocycles. The van der Waals surface area contributed by atoms with E-state index in [1.165, 1.54) is 4.31 Å². The molecule has 20 heavy (non-hydrogen) atoms. The zero-order chi connectivity index (χ0) is 14.3. The van der Waals surface area contributed by atoms with Crippen molar-refractivity contribution in [1.82, 2.24) is 0 Å². The minimum atomic E-state index is -3.50. The van der Waals surface area contributed by atoms with Gasteiger partial charge in [0.25, 0.3) is 10.0 Å². The molecule has 1 heterocycles. The average Bonchev–Trinajstić information content (AvgIpc) is 2.82. The first-order valence-electron chi connectivity index (χ1n) is 6.47. The van der Waals surface area contributed by atoms with Gasteiger partial charge in [0.15, 0.2) is 0 Å². The standard InChI is InChI=1S/C15H16N2O2S/c1-11-4-2-3-5-15(11)20(18,19)17-9-8-12-10-13(16)6-7-14(12)17/h2-7,10H,8-9,16H2,1H3. The summed E-state index contributed by atoms with van der Waals surface area (Å²) in [5.74, 6) is 0. The lowest BCUT2D eigenvalue weighted by molar-refractivity contribution is 0.591. The summed E-state index contributed by atoms with van der Waals surface area (Å²) in [6, 6.07) is 12.4. The predicted molar refractivity (Wildman–Crippen MR) is 80.3 cm³/mol. The van der Waals surface area contributed by atoms with Crippen LogP contribution in [0.15, 0.2) is 47.4 Å². The Morgan fingerprint density at radius 1 is 1.15 bits per heavy atom. The number of hydrogen-bond acceptors (Lipinski definition) is 3. The number of benzene rings is 2. The number of rotatable bonds is 2. The maximum absolute atomic E-state index is 12.8. The Morgan fingerprint density at radius 3 is 2.65 bits per heavy atom. The second kappa shape index (κ2) is 4.52. The molecule has 0 fully saturated rings. The molecule has 1 aliphatic heterocycles. The second-order valence-corrected chi connectivity index (χ2v) is 6.81. The van der Waals surface area contributed by atoms with E-state index in [9.17, 15) is 8.42 Å². The maximum Gasteiger partial charge on any atom is 0.264 e. The lowest BCUT2D eigenvalue weighted by Gasteiger charge is -2.20. The maximum atomic E-state index is 12.8. The van der Waals surface area contributed by atoms with Crippen LogP contribution in [0.1, 0.15) is 11.1 Å². The first kappa shape index (κ1) is 13.0. The Labute approximate surface area is 118 Å². The second-order valence-electron chi connectivity index (χ2n) is 4.98. The van der Waals surface area contributed by atoms with Gasteiger partial charge in [-0.3, -0.25) is 4.31 Å². The van der Waals surface area contributed by atoms with Crippen molar-refractivity contribution in [1.29, 1.82) is 0 Å². The van der Waals surface area contributed by atoms with E-state index in [1.54, 1.807) is 24.3 Å². The molecule has 0 unspecified atom stereocenters. The molecule has 2 aromatic rings. The molecule has 0 radical (unpaired) electrons. The number of aryl methyl sites for hydroxylation is 1. The highest BCUT2D eigenvalue weighted by molar-refractivity contribution is 7.93. The van der Waals surface area contributed by atoms with Crippen LogP contribution in [-0.4, -0.2) is 15.0 Å². The molecule has 0 saturated carbocycles. The fraction of sp³-hybridized carbons (Fsp3) is 0.200. The minimum Gasteiger partial charge on any atom is -0.399 e. The molecule has 2 aromatic carbocycles. The van der Waals surface area contributed by atoms with Crippen LogP contribution in [-0.2, 0) is 16.4 Å². The number of anilines is 2. The van der Waals surface area contributed by atoms with E-state index in [-0.39, 0.29) is 0 Å². The summed E-state index contributed by atoms with van der Waals surface area (Å²) in [4.78, 5) is 0.365. The third-order valence-corrected chi connectivity index (χ3v) is 5.59. The predicted octanol–water partition coefficient (Wildman–Crippen LogP) is 2.33. The topological polar surface area (TPSA) is 63.4 Å². The van der Waals surface area contributed by atoms with Crippen molar-refractivity contribution in [2.75, 3.05) is 16.6 Å². The van der Waals surface area contributed by atoms with Crippen LogP contribution in [0, 0.1) is 6.92 Å². The highest BCUT2D eigenvalue weighted by atomic mass is 32.2. The van der Waals surface area contributed by atoms with E-state index in [2.05, 4.69) is 0 Å². The Balaban J connectivity index is 2.10. The van der Waals surface area contributed by atoms with Crippen LogP contribution in [0.4, 0.5) is 11.4 Å². The number of nitrogen functional groups attached to an aromatic ring is 1. The smallest absolute Gasteiger partial charge is 0.264 e. The van der Waals surface area contributed by atoms with Crippen molar-refractivity contribution >= 4 is 21.4 Å². The summed E-state index contributed by atoms with van der Waals surface area (Å²) in [5.41, 5.74) is 8.91. The summed E-state index contributed by atoms with van der Waals surface area (Å²) in [5, 5.41) is 0. The first-order chi connectivity index (χ1) is 9.50. The largest absolute Gasteiger partial charge is 0.399 e. The van der Waals surface area contributed by atoms with Crippen molar-refractivity contribution in [3.05, 3.63) is 53.6 Å². The number of fused-ring (bicyclic) bond motifs is 1. The van der Waals surface area contributed by atoms with Gasteiger partial charge >= 0.3 is 0 Å². The quantitative estimate of drug-likeness (QED) is 0.863. The molecular formula is C15H16N2O2S. The summed E-state index contributed by atoms with van der Waals surface area (Å²) < 4.78 is 27.1. The van der Waals surface area contributed by atoms with Crippen LogP contribution in [0.25, 0.3) is 0 Å². The zero-order valence-electron chi connectivity index (χ0n) is 11.2.